The van der Waals surface area contributed by atoms with Crippen LogP contribution in [0.4, 0.5) is 5.82 Å². The molecule has 0 aliphatic heterocycles. The van der Waals surface area contributed by atoms with Crippen molar-refractivity contribution in [1.29, 1.82) is 0 Å². The van der Waals surface area contributed by atoms with Crippen LogP contribution in [0.3, 0.4) is 0 Å². The van der Waals surface area contributed by atoms with Crippen molar-refractivity contribution < 1.29 is 9.47 Å². The molecule has 4 aromatic rings. The normalized spacial score (nSPS) is 13.9. The van der Waals surface area contributed by atoms with E-state index in [9.17, 15) is 4.79 Å². The Morgan fingerprint density at radius 3 is 2.39 bits per heavy atom. The number of fused-ring (bicyclic) bond motifs is 1. The van der Waals surface area contributed by atoms with Crippen LogP contribution in [0, 0.1) is 0 Å². The summed E-state index contributed by atoms with van der Waals surface area (Å²) in [7, 11) is 5.04. The lowest BCUT2D eigenvalue weighted by molar-refractivity contribution is 0.275. The average molecular weight is 419 g/mol. The van der Waals surface area contributed by atoms with E-state index in [0.29, 0.717) is 28.6 Å². The van der Waals surface area contributed by atoms with Gasteiger partial charge in [-0.2, -0.15) is 0 Å². The average Bonchev–Trinajstić information content (AvgIpc) is 3.30. The Bertz CT molecular complexity index is 1260. The molecule has 1 aliphatic rings. The number of benzene rings is 2. The molecule has 0 bridgehead atoms. The molecule has 0 spiro atoms. The van der Waals surface area contributed by atoms with Crippen molar-refractivity contribution in [2.45, 2.75) is 25.3 Å². The van der Waals surface area contributed by atoms with E-state index >= 15 is 0 Å². The molecule has 0 unspecified atom stereocenters. The van der Waals surface area contributed by atoms with Crippen molar-refractivity contribution in [1.82, 2.24) is 19.3 Å². The first-order valence-electron chi connectivity index (χ1n) is 10.4. The summed E-state index contributed by atoms with van der Waals surface area (Å²) in [4.78, 5) is 21.9. The van der Waals surface area contributed by atoms with Crippen LogP contribution in [0.25, 0.3) is 28.1 Å². The van der Waals surface area contributed by atoms with Crippen LogP contribution in [0.2, 0.25) is 0 Å². The second-order valence-corrected chi connectivity index (χ2v) is 7.69. The fraction of sp³-hybridized carbons (Fsp3) is 0.304. The zero-order valence-corrected chi connectivity index (χ0v) is 17.8. The Hall–Kier alpha value is -3.68. The molecule has 2 N–H and O–H groups in total. The summed E-state index contributed by atoms with van der Waals surface area (Å²) in [5, 5.41) is 3.26. The number of nitrogens with one attached hydrogen (secondary N) is 2. The van der Waals surface area contributed by atoms with Crippen LogP contribution in [0.15, 0.2) is 47.3 Å². The van der Waals surface area contributed by atoms with Crippen LogP contribution in [0.5, 0.6) is 11.5 Å². The summed E-state index contributed by atoms with van der Waals surface area (Å²) >= 11 is 0. The summed E-state index contributed by atoms with van der Waals surface area (Å²) in [5.74, 6) is 2.55. The maximum Gasteiger partial charge on any atom is 0.284 e. The van der Waals surface area contributed by atoms with Gasteiger partial charge in [-0.15, -0.1) is 0 Å². The van der Waals surface area contributed by atoms with E-state index in [-0.39, 0.29) is 11.6 Å². The molecule has 1 saturated carbocycles. The first-order chi connectivity index (χ1) is 15.1. The molecule has 0 saturated heterocycles. The van der Waals surface area contributed by atoms with Crippen LogP contribution in [-0.2, 0) is 0 Å². The Morgan fingerprint density at radius 1 is 1.10 bits per heavy atom. The van der Waals surface area contributed by atoms with Gasteiger partial charge in [-0.3, -0.25) is 9.48 Å². The summed E-state index contributed by atoms with van der Waals surface area (Å²) in [5.41, 5.74) is 2.78. The van der Waals surface area contributed by atoms with Gasteiger partial charge in [0.05, 0.1) is 37.0 Å². The summed E-state index contributed by atoms with van der Waals surface area (Å²) in [6.07, 6.45) is 3.18. The standard InChI is InChI=1S/C23H25N5O3/c1-24-22-20(21-25-18-9-4-5-10-19(18)26-21)23(29)28(27(22)14-7-6-8-14)15-11-16(30-2)13-17(12-15)31-3/h4-5,9-14,24H,6-8H2,1-3H3,(H,25,26). The van der Waals surface area contributed by atoms with Gasteiger partial charge in [0.1, 0.15) is 28.7 Å². The molecule has 8 nitrogen and oxygen atoms in total. The molecule has 5 rings (SSSR count). The van der Waals surface area contributed by atoms with Crippen molar-refractivity contribution in [2.24, 2.45) is 0 Å². The van der Waals surface area contributed by atoms with Crippen LogP contribution in [0.1, 0.15) is 25.3 Å². The monoisotopic (exact) mass is 419 g/mol. The summed E-state index contributed by atoms with van der Waals surface area (Å²) in [6.45, 7) is 0. The molecule has 0 atom stereocenters. The van der Waals surface area contributed by atoms with Gasteiger partial charge in [0.15, 0.2) is 0 Å². The molecule has 1 fully saturated rings. The van der Waals surface area contributed by atoms with Crippen molar-refractivity contribution >= 4 is 16.9 Å². The molecule has 0 amide bonds. The highest BCUT2D eigenvalue weighted by Crippen LogP contribution is 2.38. The minimum absolute atomic E-state index is 0.148. The van der Waals surface area contributed by atoms with E-state index in [0.717, 1.165) is 36.1 Å². The number of methoxy groups -OCH3 is 2. The minimum Gasteiger partial charge on any atom is -0.497 e. The Kier molecular flexibility index (Phi) is 4.69. The number of para-hydroxylation sites is 2. The summed E-state index contributed by atoms with van der Waals surface area (Å²) in [6, 6.07) is 13.5. The van der Waals surface area contributed by atoms with Gasteiger partial charge >= 0.3 is 0 Å². The number of aromatic nitrogens is 4. The Morgan fingerprint density at radius 2 is 1.81 bits per heavy atom. The van der Waals surface area contributed by atoms with Crippen LogP contribution < -0.4 is 20.3 Å². The van der Waals surface area contributed by atoms with E-state index in [4.69, 9.17) is 14.5 Å². The Labute approximate surface area is 179 Å². The fourth-order valence-corrected chi connectivity index (χ4v) is 4.18. The summed E-state index contributed by atoms with van der Waals surface area (Å²) < 4.78 is 14.7. The van der Waals surface area contributed by atoms with Gasteiger partial charge in [-0.25, -0.2) is 9.67 Å². The highest BCUT2D eigenvalue weighted by Gasteiger charge is 2.31. The van der Waals surface area contributed by atoms with Gasteiger partial charge in [0, 0.05) is 25.2 Å². The number of rotatable bonds is 6. The second kappa shape index (κ2) is 7.54. The molecule has 31 heavy (non-hydrogen) atoms. The van der Waals surface area contributed by atoms with Crippen molar-refractivity contribution in [3.8, 4) is 28.6 Å². The molecular formula is C23H25N5O3. The number of hydrogen-bond acceptors (Lipinski definition) is 5. The van der Waals surface area contributed by atoms with Gasteiger partial charge in [0.2, 0.25) is 0 Å². The van der Waals surface area contributed by atoms with E-state index < -0.39 is 0 Å². The molecule has 0 radical (unpaired) electrons. The first-order valence-corrected chi connectivity index (χ1v) is 10.4. The van der Waals surface area contributed by atoms with E-state index in [1.54, 1.807) is 25.0 Å². The third-order valence-electron chi connectivity index (χ3n) is 5.95. The third-order valence-corrected chi connectivity index (χ3v) is 5.95. The number of nitrogens with zero attached hydrogens (tertiary/aromatic N) is 3. The first kappa shape index (κ1) is 19.3. The number of ether oxygens (including phenoxy) is 2. The van der Waals surface area contributed by atoms with E-state index in [1.807, 2.05) is 43.4 Å². The van der Waals surface area contributed by atoms with Crippen molar-refractivity contribution in [2.75, 3.05) is 26.6 Å². The zero-order valence-electron chi connectivity index (χ0n) is 17.8. The third kappa shape index (κ3) is 3.06. The lowest BCUT2D eigenvalue weighted by Gasteiger charge is -2.31. The Balaban J connectivity index is 1.80. The lowest BCUT2D eigenvalue weighted by atomic mass is 9.93. The molecule has 2 heterocycles. The molecule has 8 heteroatoms. The smallest absolute Gasteiger partial charge is 0.284 e. The topological polar surface area (TPSA) is 86.1 Å². The van der Waals surface area contributed by atoms with Gasteiger partial charge in [0.25, 0.3) is 5.56 Å². The number of H-pyrrole nitrogens is 1. The number of aromatic amines is 1. The number of imidazole rings is 1. The highest BCUT2D eigenvalue weighted by atomic mass is 16.5. The van der Waals surface area contributed by atoms with Crippen molar-refractivity contribution in [3.63, 3.8) is 0 Å². The molecule has 2 aromatic heterocycles. The number of anilines is 1. The lowest BCUT2D eigenvalue weighted by Crippen LogP contribution is -2.28. The van der Waals surface area contributed by atoms with Crippen molar-refractivity contribution in [3.05, 3.63) is 52.8 Å². The highest BCUT2D eigenvalue weighted by molar-refractivity contribution is 5.82. The number of hydrogen-bond donors (Lipinski definition) is 2. The van der Waals surface area contributed by atoms with Crippen LogP contribution >= 0.6 is 0 Å². The fourth-order valence-electron chi connectivity index (χ4n) is 4.18. The van der Waals surface area contributed by atoms with E-state index in [2.05, 4.69) is 15.0 Å². The van der Waals surface area contributed by atoms with Crippen LogP contribution in [-0.4, -0.2) is 40.6 Å². The van der Waals surface area contributed by atoms with Gasteiger partial charge < -0.3 is 19.8 Å². The predicted molar refractivity (Wildman–Crippen MR) is 121 cm³/mol. The maximum absolute atomic E-state index is 13.9. The minimum atomic E-state index is -0.148. The molecule has 160 valence electrons. The molecular weight excluding hydrogens is 394 g/mol. The molecule has 2 aromatic carbocycles. The van der Waals surface area contributed by atoms with E-state index in [1.165, 1.54) is 0 Å². The quantitative estimate of drug-likeness (QED) is 0.494. The SMILES string of the molecule is CNc1c(-c2nc3ccccc3[nH]2)c(=O)n(-c2cc(OC)cc(OC)c2)n1C1CCC1. The predicted octanol–water partition coefficient (Wildman–Crippen LogP) is 3.97. The van der Waals surface area contributed by atoms with Gasteiger partial charge in [-0.1, -0.05) is 12.1 Å². The second-order valence-electron chi connectivity index (χ2n) is 7.69. The largest absolute Gasteiger partial charge is 0.497 e. The van der Waals surface area contributed by atoms with Gasteiger partial charge in [-0.05, 0) is 31.4 Å². The maximum atomic E-state index is 13.9. The zero-order chi connectivity index (χ0) is 21.5. The molecule has 1 aliphatic carbocycles.